The summed E-state index contributed by atoms with van der Waals surface area (Å²) in [6, 6.07) is 28.5. The second-order valence-electron chi connectivity index (χ2n) is 26.8. The van der Waals surface area contributed by atoms with Crippen molar-refractivity contribution in [2.75, 3.05) is 165 Å². The first-order valence-electron chi connectivity index (χ1n) is 33.3. The fraction of sp³-hybridized carbons (Fsp3) is 0.750. The van der Waals surface area contributed by atoms with Gasteiger partial charge in [0.15, 0.2) is 0 Å². The zero-order valence-corrected chi connectivity index (χ0v) is 55.4. The van der Waals surface area contributed by atoms with E-state index in [2.05, 4.69) is 86.6 Å². The first kappa shape index (κ1) is 72.8. The van der Waals surface area contributed by atoms with Crippen molar-refractivity contribution in [1.82, 2.24) is 0 Å². The maximum absolute atomic E-state index is 8.76. The number of rotatable bonds is 32. The van der Waals surface area contributed by atoms with Gasteiger partial charge in [-0.25, -0.2) is 0 Å². The van der Waals surface area contributed by atoms with Crippen molar-refractivity contribution in [3.8, 4) is 11.5 Å². The number of ether oxygens (including phenoxy) is 14. The Bertz CT molecular complexity index is 2160. The summed E-state index contributed by atoms with van der Waals surface area (Å²) in [6.45, 7) is 41.5. The van der Waals surface area contributed by atoms with Gasteiger partial charge in [0, 0.05) is 39.1 Å². The lowest BCUT2D eigenvalue weighted by atomic mass is 9.83. The van der Waals surface area contributed by atoms with Gasteiger partial charge in [-0.2, -0.15) is 0 Å². The van der Waals surface area contributed by atoms with Crippen LogP contribution in [0.5, 0.6) is 11.5 Å². The molecule has 494 valence electrons. The maximum Gasteiger partial charge on any atom is 0.119 e. The van der Waals surface area contributed by atoms with Crippen LogP contribution >= 0.6 is 0 Å². The number of hydrogen-bond acceptors (Lipinski definition) is 15. The highest BCUT2D eigenvalue weighted by Crippen LogP contribution is 2.38. The molecule has 0 amide bonds. The van der Waals surface area contributed by atoms with Crippen LogP contribution in [-0.4, -0.2) is 170 Å². The lowest BCUT2D eigenvalue weighted by Gasteiger charge is -2.44. The molecule has 0 radical (unpaired) electrons. The summed E-state index contributed by atoms with van der Waals surface area (Å²) in [7, 11) is 0. The number of hydrogen-bond donors (Lipinski definition) is 1. The van der Waals surface area contributed by atoms with Crippen molar-refractivity contribution in [2.24, 2.45) is 43.3 Å². The summed E-state index contributed by atoms with van der Waals surface area (Å²) in [5.41, 5.74) is 4.62. The molecule has 1 N–H and O–H groups in total. The number of para-hydroxylation sites is 1. The molecule has 0 unspecified atom stereocenters. The van der Waals surface area contributed by atoms with E-state index < -0.39 is 0 Å². The molecule has 3 aromatic rings. The third kappa shape index (κ3) is 22.5. The molecule has 8 saturated heterocycles. The average molecular weight is 1220 g/mol. The quantitative estimate of drug-likeness (QED) is 0.0590. The molecule has 0 spiro atoms. The highest BCUT2D eigenvalue weighted by molar-refractivity contribution is 5.27. The lowest BCUT2D eigenvalue weighted by molar-refractivity contribution is -0.187. The van der Waals surface area contributed by atoms with Crippen molar-refractivity contribution in [3.05, 3.63) is 96.1 Å². The van der Waals surface area contributed by atoms with E-state index in [4.69, 9.17) is 71.4 Å². The van der Waals surface area contributed by atoms with E-state index >= 15 is 0 Å². The molecule has 3 aromatic carbocycles. The maximum atomic E-state index is 8.76. The Morgan fingerprint density at radius 2 is 0.586 bits per heavy atom. The summed E-state index contributed by atoms with van der Waals surface area (Å²) in [4.78, 5) is 0. The predicted octanol–water partition coefficient (Wildman–Crippen LogP) is 13.0. The van der Waals surface area contributed by atoms with E-state index in [1.165, 1.54) is 30.4 Å². The zero-order chi connectivity index (χ0) is 62.3. The molecular weight excluding hydrogens is 1100 g/mol. The molecular formula is C72H116O15. The largest absolute Gasteiger partial charge is 0.493 e. The topological polar surface area (TPSA) is 149 Å². The van der Waals surface area contributed by atoms with Gasteiger partial charge in [-0.05, 0) is 93.2 Å². The van der Waals surface area contributed by atoms with E-state index in [1.807, 2.05) is 60.7 Å². The number of benzene rings is 3. The van der Waals surface area contributed by atoms with Crippen LogP contribution in [0.15, 0.2) is 84.9 Å². The molecule has 8 heterocycles. The fourth-order valence-corrected chi connectivity index (χ4v) is 10.3. The second kappa shape index (κ2) is 37.3. The molecule has 15 heteroatoms. The molecule has 0 aliphatic carbocycles. The van der Waals surface area contributed by atoms with Gasteiger partial charge in [0.05, 0.1) is 183 Å². The smallest absolute Gasteiger partial charge is 0.119 e. The van der Waals surface area contributed by atoms with Gasteiger partial charge < -0.3 is 71.4 Å². The summed E-state index contributed by atoms with van der Waals surface area (Å²) in [5, 5.41) is 8.76. The predicted molar refractivity (Wildman–Crippen MR) is 342 cm³/mol. The van der Waals surface area contributed by atoms with Gasteiger partial charge in [0.1, 0.15) is 11.5 Å². The molecule has 87 heavy (non-hydrogen) atoms. The Balaban J connectivity index is 0.000000171. The zero-order valence-electron chi connectivity index (χ0n) is 55.4. The summed E-state index contributed by atoms with van der Waals surface area (Å²) in [5.74, 6) is 1.87. The number of unbranched alkanes of at least 4 members (excludes halogenated alkanes) is 1. The monoisotopic (exact) mass is 1220 g/mol. The van der Waals surface area contributed by atoms with Crippen molar-refractivity contribution >= 4 is 0 Å². The third-order valence-corrected chi connectivity index (χ3v) is 19.7. The second-order valence-corrected chi connectivity index (χ2v) is 26.8. The van der Waals surface area contributed by atoms with E-state index in [1.54, 1.807) is 0 Å². The van der Waals surface area contributed by atoms with Crippen molar-refractivity contribution in [3.63, 3.8) is 0 Å². The van der Waals surface area contributed by atoms with Gasteiger partial charge in [0.25, 0.3) is 0 Å². The van der Waals surface area contributed by atoms with Crippen molar-refractivity contribution < 1.29 is 71.4 Å². The first-order chi connectivity index (χ1) is 42.3. The van der Waals surface area contributed by atoms with Gasteiger partial charge >= 0.3 is 0 Å². The van der Waals surface area contributed by atoms with Crippen molar-refractivity contribution in [2.45, 2.75) is 140 Å². The first-order valence-corrected chi connectivity index (χ1v) is 33.3. The Morgan fingerprint density at radius 1 is 0.310 bits per heavy atom. The lowest BCUT2D eigenvalue weighted by Crippen LogP contribution is -2.49. The Hall–Kier alpha value is -3.26. The Kier molecular flexibility index (Phi) is 31.2. The van der Waals surface area contributed by atoms with E-state index in [0.29, 0.717) is 34.9 Å². The van der Waals surface area contributed by atoms with Crippen LogP contribution in [0.1, 0.15) is 138 Å². The third-order valence-electron chi connectivity index (χ3n) is 19.7. The molecule has 0 bridgehead atoms. The molecule has 8 aliphatic heterocycles. The average Bonchev–Trinajstić information content (AvgIpc) is 2.21. The highest BCUT2D eigenvalue weighted by Gasteiger charge is 2.43. The summed E-state index contributed by atoms with van der Waals surface area (Å²) >= 11 is 0. The molecule has 11 rings (SSSR count). The van der Waals surface area contributed by atoms with Gasteiger partial charge in [-0.3, -0.25) is 0 Å². The summed E-state index contributed by atoms with van der Waals surface area (Å²) in [6.07, 6.45) is 11.4. The minimum Gasteiger partial charge on any atom is -0.493 e. The van der Waals surface area contributed by atoms with Crippen LogP contribution in [0.2, 0.25) is 0 Å². The molecule has 0 saturated carbocycles. The minimum absolute atomic E-state index is 0.139. The van der Waals surface area contributed by atoms with Gasteiger partial charge in [-0.1, -0.05) is 129 Å². The molecule has 8 aliphatic rings. The van der Waals surface area contributed by atoms with Gasteiger partial charge in [-0.15, -0.1) is 0 Å². The van der Waals surface area contributed by atoms with Crippen LogP contribution in [0.3, 0.4) is 0 Å². The minimum atomic E-state index is 0.139. The molecule has 15 nitrogen and oxygen atoms in total. The Morgan fingerprint density at radius 3 is 0.862 bits per heavy atom. The normalized spacial score (nSPS) is 21.5. The van der Waals surface area contributed by atoms with Crippen LogP contribution in [-0.2, 0) is 70.1 Å². The molecule has 0 atom stereocenters. The SMILES string of the molecule is CCC1(CO)COC1.CCC1(COCC2(CC)COC2)COC1.CCC1(COCc2ccc(OCC3(CC)COC3)cc2)COC1.CCC1(COCc2ccccc2)COC1.CCC1(COc2ccccc2)COC1.CCCCOCC1(CC)COC1. The van der Waals surface area contributed by atoms with Crippen LogP contribution in [0.25, 0.3) is 0 Å². The fourth-order valence-electron chi connectivity index (χ4n) is 10.3. The molecule has 0 aromatic heterocycles. The van der Waals surface area contributed by atoms with E-state index in [0.717, 1.165) is 215 Å². The van der Waals surface area contributed by atoms with E-state index in [9.17, 15) is 0 Å². The molecule has 8 fully saturated rings. The Labute approximate surface area is 525 Å². The van der Waals surface area contributed by atoms with Crippen molar-refractivity contribution in [1.29, 1.82) is 0 Å². The number of aliphatic hydroxyl groups excluding tert-OH is 1. The highest BCUT2D eigenvalue weighted by atomic mass is 16.5. The van der Waals surface area contributed by atoms with E-state index in [-0.39, 0.29) is 28.3 Å². The summed E-state index contributed by atoms with van der Waals surface area (Å²) < 4.78 is 76.6. The van der Waals surface area contributed by atoms with Crippen LogP contribution in [0.4, 0.5) is 0 Å². The van der Waals surface area contributed by atoms with Crippen LogP contribution < -0.4 is 9.47 Å². The van der Waals surface area contributed by atoms with Gasteiger partial charge in [0.2, 0.25) is 0 Å². The van der Waals surface area contributed by atoms with Crippen LogP contribution in [0, 0.1) is 43.3 Å². The standard InChI is InChI=1S/C19H28O4.C13H18O2.C12H22O3.C12H16O2.C10H20O2.C6H12O2/c1-3-18(11-21-12-18)10-20-9-16-5-7-17(8-6-16)23-15-19(4-2)13-22-14-19;1-2-13(10-15-11-13)9-14-8-12-6-4-3-5-7-12;1-3-11(5-13-6-11)9-15-10-12(4-2)7-14-8-12;1-2-12(8-13-9-12)10-14-11-6-4-3-5-7-11;1-3-5-6-11-7-10(4-2)8-12-9-10;1-2-6(3-7)4-8-5-6/h5-8H,3-4,9-15H2,1-2H3;3-7H,2,8-11H2,1H3;3-10H2,1-2H3;3-7H,2,8-10H2,1H3;3-9H2,1-2H3;7H,2-5H2,1H3. The number of aliphatic hydroxyl groups is 1.